The van der Waals surface area contributed by atoms with Gasteiger partial charge in [0.1, 0.15) is 5.82 Å². The summed E-state index contributed by atoms with van der Waals surface area (Å²) in [6, 6.07) is 1.33. The summed E-state index contributed by atoms with van der Waals surface area (Å²) in [6.07, 6.45) is 1.59. The van der Waals surface area contributed by atoms with E-state index in [1.54, 1.807) is 11.7 Å². The molecule has 5 nitrogen and oxygen atoms in total. The van der Waals surface area contributed by atoms with Crippen LogP contribution < -0.4 is 5.32 Å². The number of thiazole rings is 1. The first-order valence-electron chi connectivity index (χ1n) is 4.82. The van der Waals surface area contributed by atoms with Gasteiger partial charge in [-0.1, -0.05) is 0 Å². The molecule has 2 rings (SSSR count). The third-order valence-corrected chi connectivity index (χ3v) is 2.95. The number of anilines is 1. The Labute approximate surface area is 104 Å². The zero-order chi connectivity index (χ0) is 13.1. The number of hydrogen-bond donors (Lipinski definition) is 1. The van der Waals surface area contributed by atoms with E-state index < -0.39 is 22.2 Å². The molecular weight excluding hydrogens is 264 g/mol. The molecule has 0 unspecified atom stereocenters. The lowest BCUT2D eigenvalue weighted by molar-refractivity contribution is -0.387. The van der Waals surface area contributed by atoms with E-state index in [9.17, 15) is 18.9 Å². The quantitative estimate of drug-likeness (QED) is 0.685. The van der Waals surface area contributed by atoms with Crippen LogP contribution in [0.4, 0.5) is 20.2 Å². The molecule has 0 atom stereocenters. The molecule has 0 saturated carbocycles. The lowest BCUT2D eigenvalue weighted by Gasteiger charge is -2.06. The average Bonchev–Trinajstić information content (AvgIpc) is 2.80. The first kappa shape index (κ1) is 12.4. The standard InChI is InChI=1S/C10H7F2N3O2S/c11-7-1-8(12)10(15(16)17)2-9(7)14-4-6-3-13-5-18-6/h1-3,5,14H,4H2. The second-order valence-corrected chi connectivity index (χ2v) is 4.33. The number of rotatable bonds is 4. The monoisotopic (exact) mass is 271 g/mol. The molecule has 0 aliphatic heterocycles. The lowest BCUT2D eigenvalue weighted by Crippen LogP contribution is -2.02. The second-order valence-electron chi connectivity index (χ2n) is 3.36. The summed E-state index contributed by atoms with van der Waals surface area (Å²) < 4.78 is 26.5. The first-order valence-corrected chi connectivity index (χ1v) is 5.70. The SMILES string of the molecule is O=[N+]([O-])c1cc(NCc2cncs2)c(F)cc1F. The highest BCUT2D eigenvalue weighted by molar-refractivity contribution is 7.09. The van der Waals surface area contributed by atoms with E-state index in [0.29, 0.717) is 6.07 Å². The number of hydrogen-bond acceptors (Lipinski definition) is 5. The minimum atomic E-state index is -1.19. The Kier molecular flexibility index (Phi) is 3.47. The van der Waals surface area contributed by atoms with Crippen molar-refractivity contribution in [1.82, 2.24) is 4.98 Å². The highest BCUT2D eigenvalue weighted by atomic mass is 32.1. The zero-order valence-corrected chi connectivity index (χ0v) is 9.71. The highest BCUT2D eigenvalue weighted by Gasteiger charge is 2.18. The predicted molar refractivity (Wildman–Crippen MR) is 62.5 cm³/mol. The summed E-state index contributed by atoms with van der Waals surface area (Å²) in [7, 11) is 0. The normalized spacial score (nSPS) is 10.3. The van der Waals surface area contributed by atoms with E-state index in [4.69, 9.17) is 0 Å². The molecule has 18 heavy (non-hydrogen) atoms. The molecule has 0 radical (unpaired) electrons. The van der Waals surface area contributed by atoms with Gasteiger partial charge < -0.3 is 5.32 Å². The minimum Gasteiger partial charge on any atom is -0.378 e. The van der Waals surface area contributed by atoms with Crippen molar-refractivity contribution >= 4 is 22.7 Å². The third-order valence-electron chi connectivity index (χ3n) is 2.17. The Hall–Kier alpha value is -2.09. The number of benzene rings is 1. The van der Waals surface area contributed by atoms with Gasteiger partial charge in [0.15, 0.2) is 0 Å². The van der Waals surface area contributed by atoms with Crippen LogP contribution in [0.25, 0.3) is 0 Å². The van der Waals surface area contributed by atoms with E-state index in [2.05, 4.69) is 10.3 Å². The van der Waals surface area contributed by atoms with Crippen LogP contribution >= 0.6 is 11.3 Å². The topological polar surface area (TPSA) is 68.1 Å². The second kappa shape index (κ2) is 5.05. The Bertz CT molecular complexity index is 575. The molecule has 2 aromatic rings. The van der Waals surface area contributed by atoms with Crippen LogP contribution in [0.5, 0.6) is 0 Å². The molecule has 0 amide bonds. The van der Waals surface area contributed by atoms with Crippen molar-refractivity contribution < 1.29 is 13.7 Å². The van der Waals surface area contributed by atoms with E-state index in [-0.39, 0.29) is 12.2 Å². The maximum Gasteiger partial charge on any atom is 0.307 e. The van der Waals surface area contributed by atoms with Gasteiger partial charge in [0.05, 0.1) is 22.7 Å². The molecular formula is C10H7F2N3O2S. The van der Waals surface area contributed by atoms with E-state index in [1.807, 2.05) is 0 Å². The molecule has 1 N–H and O–H groups in total. The zero-order valence-electron chi connectivity index (χ0n) is 8.89. The molecule has 8 heteroatoms. The summed E-state index contributed by atoms with van der Waals surface area (Å²) in [6.45, 7) is 0.268. The van der Waals surface area contributed by atoms with Crippen LogP contribution in [0.3, 0.4) is 0 Å². The van der Waals surface area contributed by atoms with Gasteiger partial charge in [-0.05, 0) is 0 Å². The molecule has 0 fully saturated rings. The van der Waals surface area contributed by atoms with Crippen LogP contribution in [0.1, 0.15) is 4.88 Å². The van der Waals surface area contributed by atoms with Crippen molar-refractivity contribution in [3.05, 3.63) is 50.5 Å². The van der Waals surface area contributed by atoms with Crippen LogP contribution in [-0.2, 0) is 6.54 Å². The summed E-state index contributed by atoms with van der Waals surface area (Å²) in [5.41, 5.74) is 0.736. The summed E-state index contributed by atoms with van der Waals surface area (Å²) in [5.74, 6) is -2.07. The Morgan fingerprint density at radius 1 is 1.39 bits per heavy atom. The van der Waals surface area contributed by atoms with E-state index in [1.165, 1.54) is 11.3 Å². The molecule has 1 aromatic heterocycles. The first-order chi connectivity index (χ1) is 8.58. The molecule has 94 valence electrons. The Balaban J connectivity index is 2.22. The lowest BCUT2D eigenvalue weighted by atomic mass is 10.2. The van der Waals surface area contributed by atoms with E-state index in [0.717, 1.165) is 10.9 Å². The van der Waals surface area contributed by atoms with Crippen LogP contribution in [0.2, 0.25) is 0 Å². The van der Waals surface area contributed by atoms with Crippen LogP contribution in [0.15, 0.2) is 23.8 Å². The number of aromatic nitrogens is 1. The Morgan fingerprint density at radius 2 is 2.17 bits per heavy atom. The van der Waals surface area contributed by atoms with E-state index >= 15 is 0 Å². The Morgan fingerprint density at radius 3 is 2.78 bits per heavy atom. The van der Waals surface area contributed by atoms with Crippen LogP contribution in [-0.4, -0.2) is 9.91 Å². The highest BCUT2D eigenvalue weighted by Crippen LogP contribution is 2.25. The van der Waals surface area contributed by atoms with Crippen molar-refractivity contribution in [2.24, 2.45) is 0 Å². The van der Waals surface area contributed by atoms with Gasteiger partial charge in [-0.25, -0.2) is 4.39 Å². The molecule has 0 aliphatic rings. The average molecular weight is 271 g/mol. The molecule has 1 aromatic carbocycles. The molecule has 0 bridgehead atoms. The third kappa shape index (κ3) is 2.59. The fraction of sp³-hybridized carbons (Fsp3) is 0.100. The number of nitro benzene ring substituents is 1. The number of nitro groups is 1. The van der Waals surface area contributed by atoms with Crippen molar-refractivity contribution in [2.75, 3.05) is 5.32 Å². The maximum atomic E-state index is 13.4. The van der Waals surface area contributed by atoms with Gasteiger partial charge in [0.2, 0.25) is 5.82 Å². The van der Waals surface area contributed by atoms with Crippen molar-refractivity contribution in [2.45, 2.75) is 6.54 Å². The van der Waals surface area contributed by atoms with Crippen molar-refractivity contribution in [3.63, 3.8) is 0 Å². The van der Waals surface area contributed by atoms with Gasteiger partial charge >= 0.3 is 5.69 Å². The summed E-state index contributed by atoms with van der Waals surface area (Å²) in [5, 5.41) is 13.2. The molecule has 0 saturated heterocycles. The summed E-state index contributed by atoms with van der Waals surface area (Å²) in [4.78, 5) is 14.3. The van der Waals surface area contributed by atoms with Gasteiger partial charge in [-0.2, -0.15) is 4.39 Å². The number of nitrogens with zero attached hydrogens (tertiary/aromatic N) is 2. The van der Waals surface area contributed by atoms with Crippen LogP contribution in [0, 0.1) is 21.7 Å². The molecule has 0 aliphatic carbocycles. The van der Waals surface area contributed by atoms with Crippen molar-refractivity contribution in [1.29, 1.82) is 0 Å². The van der Waals surface area contributed by atoms with Gasteiger partial charge in [0, 0.05) is 23.2 Å². The maximum absolute atomic E-state index is 13.4. The number of halogens is 2. The fourth-order valence-electron chi connectivity index (χ4n) is 1.32. The summed E-state index contributed by atoms with van der Waals surface area (Å²) >= 11 is 1.36. The largest absolute Gasteiger partial charge is 0.378 e. The van der Waals surface area contributed by atoms with Gasteiger partial charge in [0.25, 0.3) is 0 Å². The van der Waals surface area contributed by atoms with Crippen molar-refractivity contribution in [3.8, 4) is 0 Å². The smallest absolute Gasteiger partial charge is 0.307 e. The predicted octanol–water partition coefficient (Wildman–Crippen LogP) is 2.94. The van der Waals surface area contributed by atoms with Gasteiger partial charge in [-0.15, -0.1) is 11.3 Å². The minimum absolute atomic E-state index is 0.114. The van der Waals surface area contributed by atoms with Gasteiger partial charge in [-0.3, -0.25) is 15.1 Å². The fourth-order valence-corrected chi connectivity index (χ4v) is 1.86. The number of nitrogens with one attached hydrogen (secondary N) is 1. The molecule has 1 heterocycles. The molecule has 0 spiro atoms.